The third-order valence-electron chi connectivity index (χ3n) is 12.9. The van der Waals surface area contributed by atoms with Gasteiger partial charge in [0.25, 0.3) is 0 Å². The van der Waals surface area contributed by atoms with Crippen LogP contribution in [0.25, 0.3) is 0 Å². The Balaban J connectivity index is 4.34. The van der Waals surface area contributed by atoms with Crippen molar-refractivity contribution in [3.63, 3.8) is 0 Å². The third-order valence-corrected chi connectivity index (χ3v) is 12.9. The summed E-state index contributed by atoms with van der Waals surface area (Å²) in [5, 5.41) is 0. The SMILES string of the molecule is CCCCCCCC/C=C\CCCCCCCCCC(=O)OC[C@H](COC(=O)CCCCCCCCCCCCCCC)OC(=O)CCCCCCCCC/C=C\CCCCCCCC. The lowest BCUT2D eigenvalue weighted by molar-refractivity contribution is -0.167. The highest BCUT2D eigenvalue weighted by Gasteiger charge is 2.19. The Kier molecular flexibility index (Phi) is 52.7. The maximum Gasteiger partial charge on any atom is 0.306 e. The van der Waals surface area contributed by atoms with Crippen molar-refractivity contribution in [2.45, 2.75) is 322 Å². The summed E-state index contributed by atoms with van der Waals surface area (Å²) in [6, 6.07) is 0. The monoisotopic (exact) mass is 915 g/mol. The van der Waals surface area contributed by atoms with Gasteiger partial charge in [0.1, 0.15) is 13.2 Å². The van der Waals surface area contributed by atoms with Crippen LogP contribution in [-0.4, -0.2) is 37.2 Å². The van der Waals surface area contributed by atoms with Crippen molar-refractivity contribution in [1.29, 1.82) is 0 Å². The standard InChI is InChI=1S/C59H110O6/c1-4-7-10-13-16-19-22-25-27-29-31-34-37-40-43-46-49-52-58(61)64-55-56(54-63-57(60)51-48-45-42-39-36-33-24-21-18-15-12-9-6-3)65-59(62)53-50-47-44-41-38-35-32-30-28-26-23-20-17-14-11-8-5-2/h25-28,56H,4-24,29-55H2,1-3H3/b27-25-,28-26-/t56-/m0/s1. The molecule has 0 aromatic rings. The highest BCUT2D eigenvalue weighted by molar-refractivity contribution is 5.71. The summed E-state index contributed by atoms with van der Waals surface area (Å²) >= 11 is 0. The molecule has 0 aliphatic carbocycles. The van der Waals surface area contributed by atoms with E-state index in [0.717, 1.165) is 57.8 Å². The van der Waals surface area contributed by atoms with E-state index in [1.54, 1.807) is 0 Å². The van der Waals surface area contributed by atoms with E-state index in [1.807, 2.05) is 0 Å². The van der Waals surface area contributed by atoms with Crippen LogP contribution in [0.3, 0.4) is 0 Å². The van der Waals surface area contributed by atoms with Gasteiger partial charge >= 0.3 is 17.9 Å². The molecule has 0 aliphatic heterocycles. The smallest absolute Gasteiger partial charge is 0.306 e. The predicted octanol–water partition coefficient (Wildman–Crippen LogP) is 19.1. The van der Waals surface area contributed by atoms with Gasteiger partial charge in [-0.25, -0.2) is 0 Å². The van der Waals surface area contributed by atoms with Crippen molar-refractivity contribution < 1.29 is 28.6 Å². The molecule has 0 amide bonds. The molecule has 0 bridgehead atoms. The summed E-state index contributed by atoms with van der Waals surface area (Å²) < 4.78 is 16.9. The van der Waals surface area contributed by atoms with Gasteiger partial charge in [0.05, 0.1) is 0 Å². The second kappa shape index (κ2) is 54.5. The lowest BCUT2D eigenvalue weighted by Gasteiger charge is -2.18. The fourth-order valence-electron chi connectivity index (χ4n) is 8.55. The van der Waals surface area contributed by atoms with Gasteiger partial charge in [-0.05, 0) is 70.6 Å². The molecule has 0 rings (SSSR count). The summed E-state index contributed by atoms with van der Waals surface area (Å²) in [5.41, 5.74) is 0. The first kappa shape index (κ1) is 62.9. The number of rotatable bonds is 53. The van der Waals surface area contributed by atoms with Gasteiger partial charge in [-0.2, -0.15) is 0 Å². The minimum atomic E-state index is -0.771. The van der Waals surface area contributed by atoms with Crippen molar-refractivity contribution in [3.05, 3.63) is 24.3 Å². The van der Waals surface area contributed by atoms with Gasteiger partial charge in [-0.15, -0.1) is 0 Å². The van der Waals surface area contributed by atoms with Gasteiger partial charge in [-0.1, -0.05) is 251 Å². The molecule has 0 N–H and O–H groups in total. The second-order valence-electron chi connectivity index (χ2n) is 19.6. The van der Waals surface area contributed by atoms with Crippen molar-refractivity contribution in [1.82, 2.24) is 0 Å². The molecular weight excluding hydrogens is 805 g/mol. The number of allylic oxidation sites excluding steroid dienone is 4. The topological polar surface area (TPSA) is 78.9 Å². The summed E-state index contributed by atoms with van der Waals surface area (Å²) in [7, 11) is 0. The molecule has 0 saturated heterocycles. The van der Waals surface area contributed by atoms with Crippen LogP contribution in [0.4, 0.5) is 0 Å². The van der Waals surface area contributed by atoms with Gasteiger partial charge in [0.15, 0.2) is 6.10 Å². The molecule has 0 saturated carbocycles. The molecule has 0 radical (unpaired) electrons. The molecule has 0 heterocycles. The first-order valence-electron chi connectivity index (χ1n) is 28.8. The fraction of sp³-hybridized carbons (Fsp3) is 0.881. The van der Waals surface area contributed by atoms with Crippen LogP contribution in [0.15, 0.2) is 24.3 Å². The molecule has 382 valence electrons. The maximum atomic E-state index is 12.8. The highest BCUT2D eigenvalue weighted by atomic mass is 16.6. The number of hydrogen-bond acceptors (Lipinski definition) is 6. The summed E-state index contributed by atoms with van der Waals surface area (Å²) in [6.45, 7) is 6.67. The zero-order valence-corrected chi connectivity index (χ0v) is 43.8. The van der Waals surface area contributed by atoms with Gasteiger partial charge in [0, 0.05) is 19.3 Å². The number of ether oxygens (including phenoxy) is 3. The van der Waals surface area contributed by atoms with Crippen molar-refractivity contribution in [3.8, 4) is 0 Å². The number of hydrogen-bond donors (Lipinski definition) is 0. The molecule has 0 aromatic carbocycles. The number of carbonyl (C=O) groups is 3. The first-order chi connectivity index (χ1) is 32.0. The molecule has 0 fully saturated rings. The lowest BCUT2D eigenvalue weighted by Crippen LogP contribution is -2.30. The van der Waals surface area contributed by atoms with E-state index in [2.05, 4.69) is 45.1 Å². The molecule has 6 nitrogen and oxygen atoms in total. The number of esters is 3. The Morgan fingerprint density at radius 2 is 0.508 bits per heavy atom. The molecular formula is C59H110O6. The Bertz CT molecular complexity index is 1050. The Morgan fingerprint density at radius 1 is 0.292 bits per heavy atom. The van der Waals surface area contributed by atoms with Crippen molar-refractivity contribution in [2.75, 3.05) is 13.2 Å². The molecule has 0 aliphatic rings. The Labute approximate surface area is 404 Å². The first-order valence-corrected chi connectivity index (χ1v) is 28.8. The third kappa shape index (κ3) is 52.7. The van der Waals surface area contributed by atoms with Gasteiger partial charge < -0.3 is 14.2 Å². The minimum absolute atomic E-state index is 0.0700. The van der Waals surface area contributed by atoms with E-state index in [0.29, 0.717) is 19.3 Å². The van der Waals surface area contributed by atoms with Crippen LogP contribution in [0, 0.1) is 0 Å². The predicted molar refractivity (Wildman–Crippen MR) is 279 cm³/mol. The van der Waals surface area contributed by atoms with Crippen LogP contribution < -0.4 is 0 Å². The van der Waals surface area contributed by atoms with E-state index in [9.17, 15) is 14.4 Å². The number of carbonyl (C=O) groups excluding carboxylic acids is 3. The van der Waals surface area contributed by atoms with Gasteiger partial charge in [-0.3, -0.25) is 14.4 Å². The zero-order valence-electron chi connectivity index (χ0n) is 43.8. The van der Waals surface area contributed by atoms with E-state index in [-0.39, 0.29) is 31.1 Å². The van der Waals surface area contributed by atoms with Gasteiger partial charge in [0.2, 0.25) is 0 Å². The molecule has 1 atom stereocenters. The van der Waals surface area contributed by atoms with Crippen LogP contribution in [-0.2, 0) is 28.6 Å². The normalized spacial score (nSPS) is 12.1. The van der Waals surface area contributed by atoms with Crippen LogP contribution >= 0.6 is 0 Å². The second-order valence-corrected chi connectivity index (χ2v) is 19.6. The molecule has 0 unspecified atom stereocenters. The van der Waals surface area contributed by atoms with E-state index in [1.165, 1.54) is 218 Å². The van der Waals surface area contributed by atoms with Crippen molar-refractivity contribution in [2.24, 2.45) is 0 Å². The minimum Gasteiger partial charge on any atom is -0.462 e. The lowest BCUT2D eigenvalue weighted by atomic mass is 10.0. The molecule has 65 heavy (non-hydrogen) atoms. The van der Waals surface area contributed by atoms with E-state index in [4.69, 9.17) is 14.2 Å². The van der Waals surface area contributed by atoms with Crippen LogP contribution in [0.5, 0.6) is 0 Å². The van der Waals surface area contributed by atoms with Crippen LogP contribution in [0.2, 0.25) is 0 Å². The average Bonchev–Trinajstić information content (AvgIpc) is 3.30. The molecule has 0 spiro atoms. The zero-order chi connectivity index (χ0) is 47.2. The summed E-state index contributed by atoms with van der Waals surface area (Å²) in [6.07, 6.45) is 63.0. The Morgan fingerprint density at radius 3 is 0.769 bits per heavy atom. The van der Waals surface area contributed by atoms with E-state index >= 15 is 0 Å². The van der Waals surface area contributed by atoms with Crippen LogP contribution in [0.1, 0.15) is 316 Å². The fourth-order valence-corrected chi connectivity index (χ4v) is 8.55. The summed E-state index contributed by atoms with van der Waals surface area (Å²) in [5.74, 6) is -0.860. The highest BCUT2D eigenvalue weighted by Crippen LogP contribution is 2.16. The maximum absolute atomic E-state index is 12.8. The quantitative estimate of drug-likeness (QED) is 0.0262. The van der Waals surface area contributed by atoms with Crippen molar-refractivity contribution >= 4 is 17.9 Å². The number of unbranched alkanes of at least 4 members (excludes halogenated alkanes) is 38. The average molecular weight is 916 g/mol. The molecule has 0 aromatic heterocycles. The van der Waals surface area contributed by atoms with E-state index < -0.39 is 6.10 Å². The Hall–Kier alpha value is -2.11. The largest absolute Gasteiger partial charge is 0.462 e. The molecule has 6 heteroatoms. The summed E-state index contributed by atoms with van der Waals surface area (Å²) in [4.78, 5) is 38.1.